The van der Waals surface area contributed by atoms with Crippen molar-refractivity contribution in [3.05, 3.63) is 309 Å². The second-order valence-electron chi connectivity index (χ2n) is 24.5. The predicted octanol–water partition coefficient (Wildman–Crippen LogP) is 13.4. The molecule has 4 heterocycles. The quantitative estimate of drug-likeness (QED) is 0.0609. The number of carbonyl (C=O) groups excluding carboxylic acids is 8. The van der Waals surface area contributed by atoms with Crippen LogP contribution in [0.5, 0.6) is 0 Å². The van der Waals surface area contributed by atoms with Crippen molar-refractivity contribution < 1.29 is 38.4 Å². The predicted molar refractivity (Wildman–Crippen MR) is 371 cm³/mol. The fourth-order valence-electron chi connectivity index (χ4n) is 13.8. The average Bonchev–Trinajstić information content (AvgIpc) is 1.55. The lowest BCUT2D eigenvalue weighted by molar-refractivity contribution is -0.171. The van der Waals surface area contributed by atoms with E-state index >= 15 is 38.4 Å². The Kier molecular flexibility index (Phi) is 18.7. The highest BCUT2D eigenvalue weighted by Crippen LogP contribution is 2.74. The van der Waals surface area contributed by atoms with Crippen LogP contribution in [-0.2, 0) is 19.2 Å². The number of hydrogen-bond acceptors (Lipinski definition) is 8. The van der Waals surface area contributed by atoms with Crippen LogP contribution < -0.4 is 31.9 Å². The number of rotatable bonds is 18. The molecule has 0 bridgehead atoms. The van der Waals surface area contributed by atoms with Crippen LogP contribution in [0.25, 0.3) is 0 Å². The van der Waals surface area contributed by atoms with E-state index < -0.39 is 86.8 Å². The number of amides is 8. The highest BCUT2D eigenvalue weighted by molar-refractivity contribution is 7.73. The SMILES string of the molecule is C[C@H](NC(=O)c1ccccc1[C@H]1N2C(=O)CCC(=O)N2[C@H](c2ccccc2C(=O)N[C@H](C)c2ccccc2)P1c1ccccc1P1[C@@H](c2ccccc2C(=O)N[C@H](C)c2ccccc2)N2C(=O)CCC(=O)N2[C@@H]1c1ccccc1C(=O)N[C@H](C)c1ccccc1)c1ccccc1. The van der Waals surface area contributed by atoms with E-state index in [2.05, 4.69) is 21.3 Å². The van der Waals surface area contributed by atoms with Gasteiger partial charge in [0.05, 0.1) is 24.2 Å². The molecule has 18 heteroatoms. The summed E-state index contributed by atoms with van der Waals surface area (Å²) in [4.78, 5) is 123. The molecule has 4 aliphatic rings. The first kappa shape index (κ1) is 64.3. The second kappa shape index (κ2) is 27.9. The minimum Gasteiger partial charge on any atom is -0.346 e. The van der Waals surface area contributed by atoms with Gasteiger partial charge in [0.25, 0.3) is 23.6 Å². The first-order valence-electron chi connectivity index (χ1n) is 32.4. The van der Waals surface area contributed by atoms with Crippen LogP contribution in [0.15, 0.2) is 243 Å². The van der Waals surface area contributed by atoms with Crippen molar-refractivity contribution in [1.82, 2.24) is 41.3 Å². The van der Waals surface area contributed by atoms with E-state index in [4.69, 9.17) is 0 Å². The van der Waals surface area contributed by atoms with Crippen LogP contribution in [0.3, 0.4) is 0 Å². The minimum absolute atomic E-state index is 0.145. The van der Waals surface area contributed by atoms with Gasteiger partial charge in [-0.25, -0.2) is 20.0 Å². The molecule has 0 saturated carbocycles. The monoisotopic (exact) mass is 1310 g/mol. The third kappa shape index (κ3) is 12.4. The van der Waals surface area contributed by atoms with E-state index in [9.17, 15) is 0 Å². The first-order chi connectivity index (χ1) is 46.7. The fraction of sp³-hybridized carbons (Fsp3) is 0.205. The second-order valence-corrected chi connectivity index (χ2v) is 29.1. The van der Waals surface area contributed by atoms with E-state index in [1.54, 1.807) is 48.5 Å². The van der Waals surface area contributed by atoms with Crippen molar-refractivity contribution in [3.8, 4) is 0 Å². The van der Waals surface area contributed by atoms with Gasteiger partial charge < -0.3 is 21.3 Å². The van der Waals surface area contributed by atoms with Crippen LogP contribution in [0.2, 0.25) is 0 Å². The fourth-order valence-corrected chi connectivity index (χ4v) is 21.3. The summed E-state index contributed by atoms with van der Waals surface area (Å²) in [5.41, 5.74) is 6.21. The smallest absolute Gasteiger partial charge is 0.252 e. The summed E-state index contributed by atoms with van der Waals surface area (Å²) in [5.74, 6) is -7.60. The van der Waals surface area contributed by atoms with Crippen LogP contribution in [0.4, 0.5) is 0 Å². The zero-order chi connectivity index (χ0) is 66.7. The van der Waals surface area contributed by atoms with Crippen molar-refractivity contribution in [1.29, 1.82) is 0 Å². The molecule has 9 atom stereocenters. The maximum absolute atomic E-state index is 15.5. The van der Waals surface area contributed by atoms with E-state index in [1.165, 1.54) is 20.0 Å². The summed E-state index contributed by atoms with van der Waals surface area (Å²) < 4.78 is 0. The Morgan fingerprint density at radius 1 is 0.292 bits per heavy atom. The van der Waals surface area contributed by atoms with Crippen molar-refractivity contribution in [3.63, 3.8) is 0 Å². The maximum Gasteiger partial charge on any atom is 0.252 e. The van der Waals surface area contributed by atoms with Crippen molar-refractivity contribution in [2.45, 2.75) is 101 Å². The Morgan fingerprint density at radius 2 is 0.479 bits per heavy atom. The number of fused-ring (bicyclic) bond motifs is 2. The number of hydrogen-bond donors (Lipinski definition) is 4. The molecule has 482 valence electrons. The molecule has 9 aromatic rings. The Bertz CT molecular complexity index is 3910. The largest absolute Gasteiger partial charge is 0.346 e. The summed E-state index contributed by atoms with van der Waals surface area (Å²) in [6.07, 6.45) is -0.579. The van der Waals surface area contributed by atoms with Gasteiger partial charge in [0.15, 0.2) is 0 Å². The first-order valence-corrected chi connectivity index (χ1v) is 35.4. The van der Waals surface area contributed by atoms with Gasteiger partial charge >= 0.3 is 0 Å². The highest BCUT2D eigenvalue weighted by atomic mass is 31.1. The maximum atomic E-state index is 15.5. The van der Waals surface area contributed by atoms with Gasteiger partial charge in [-0.05, 0) is 123 Å². The number of hydrazine groups is 2. The molecule has 4 saturated heterocycles. The molecule has 4 aliphatic heterocycles. The van der Waals surface area contributed by atoms with Gasteiger partial charge in [0, 0.05) is 47.9 Å². The molecule has 4 N–H and O–H groups in total. The Balaban J connectivity index is 1.07. The zero-order valence-corrected chi connectivity index (χ0v) is 55.3. The Labute approximate surface area is 560 Å². The number of carbonyl (C=O) groups is 8. The molecule has 4 fully saturated rings. The van der Waals surface area contributed by atoms with Crippen molar-refractivity contribution >= 4 is 73.7 Å². The zero-order valence-electron chi connectivity index (χ0n) is 53.5. The van der Waals surface area contributed by atoms with Crippen LogP contribution in [0.1, 0.15) is 187 Å². The third-order valence-corrected chi connectivity index (χ3v) is 24.7. The molecule has 0 spiro atoms. The summed E-state index contributed by atoms with van der Waals surface area (Å²) in [5, 5.41) is 20.2. The lowest BCUT2D eigenvalue weighted by Crippen LogP contribution is -2.50. The minimum atomic E-state index is -2.20. The topological polar surface area (TPSA) is 198 Å². The molecular weight excluding hydrogens is 1240 g/mol. The normalized spacial score (nSPS) is 19.8. The van der Waals surface area contributed by atoms with Gasteiger partial charge in [0.1, 0.15) is 23.1 Å². The number of nitrogens with zero attached hydrogens (tertiary/aromatic N) is 4. The molecule has 0 radical (unpaired) electrons. The van der Waals surface area contributed by atoms with E-state index in [-0.39, 0.29) is 71.6 Å². The lowest BCUT2D eigenvalue weighted by Gasteiger charge is -2.38. The van der Waals surface area contributed by atoms with E-state index in [1.807, 2.05) is 222 Å². The van der Waals surface area contributed by atoms with E-state index in [0.29, 0.717) is 32.9 Å². The lowest BCUT2D eigenvalue weighted by atomic mass is 10.0. The molecule has 0 aliphatic carbocycles. The van der Waals surface area contributed by atoms with Gasteiger partial charge in [-0.15, -0.1) is 0 Å². The summed E-state index contributed by atoms with van der Waals surface area (Å²) in [6, 6.07) is 72.6. The molecule has 1 unspecified atom stereocenters. The van der Waals surface area contributed by atoms with Gasteiger partial charge in [-0.2, -0.15) is 0 Å². The molecule has 16 nitrogen and oxygen atoms in total. The van der Waals surface area contributed by atoms with Gasteiger partial charge in [-0.1, -0.05) is 218 Å². The summed E-state index contributed by atoms with van der Waals surface area (Å²) in [7, 11) is -4.41. The van der Waals surface area contributed by atoms with Crippen LogP contribution in [-0.4, -0.2) is 67.3 Å². The number of nitrogens with one attached hydrogen (secondary N) is 4. The van der Waals surface area contributed by atoms with Crippen LogP contribution in [0, 0.1) is 0 Å². The number of benzene rings is 9. The van der Waals surface area contributed by atoms with Crippen molar-refractivity contribution in [2.75, 3.05) is 0 Å². The Hall–Kier alpha value is -10.4. The van der Waals surface area contributed by atoms with Crippen molar-refractivity contribution in [2.24, 2.45) is 0 Å². The van der Waals surface area contributed by atoms with Crippen LogP contribution >= 0.6 is 15.8 Å². The summed E-state index contributed by atoms with van der Waals surface area (Å²) >= 11 is 0. The molecule has 8 amide bonds. The van der Waals surface area contributed by atoms with Gasteiger partial charge in [-0.3, -0.25) is 38.4 Å². The molecule has 96 heavy (non-hydrogen) atoms. The standard InChI is InChI=1S/C78H72N8O8P2/c1-49(53-27-9-5-10-28-53)79-71(91)57-35-17-21-39-61(57)75-83-67(87)45-46-68(88)84(83)76(62-40-22-18-36-58(62)72(92)80-50(2)54-29-11-6-12-30-54)95(75)65-43-25-26-44-66(65)96-77(63-41-23-19-37-59(63)73(93)81-51(3)55-31-13-7-14-32-55)85-69(89)47-48-70(90)86(85)78(96)64-42-24-20-38-60(64)74(94)82-52(4)56-33-15-8-16-34-56/h5-44,49-52,75-78H,45-48H2,1-4H3,(H,79,91)(H,80,92)(H,81,93)(H,82,94)/t49-,50-,51-,52+,75+,76+,77+,78+,96?/m1/s1. The highest BCUT2D eigenvalue weighted by Gasteiger charge is 2.60. The van der Waals surface area contributed by atoms with Gasteiger partial charge in [0.2, 0.25) is 23.6 Å². The average molecular weight is 1310 g/mol. The molecule has 13 rings (SSSR count). The van der Waals surface area contributed by atoms with E-state index in [0.717, 1.165) is 22.3 Å². The molecule has 0 aromatic heterocycles. The molecule has 9 aromatic carbocycles. The molecular formula is C78H72N8O8P2. The Morgan fingerprint density at radius 3 is 0.698 bits per heavy atom. The third-order valence-electron chi connectivity index (χ3n) is 18.5. The summed E-state index contributed by atoms with van der Waals surface area (Å²) in [6.45, 7) is 7.58.